The standard InChI is InChI=1S/C7H17N3O2/c1-9-7(12)4-6(5-8)10-2-3-11/h6,10-11H,2-5,8H2,1H3,(H,9,12). The fourth-order valence-corrected chi connectivity index (χ4v) is 0.833. The predicted molar refractivity (Wildman–Crippen MR) is 46.6 cm³/mol. The quantitative estimate of drug-likeness (QED) is 0.377. The molecule has 5 heteroatoms. The van der Waals surface area contributed by atoms with Gasteiger partial charge in [-0.2, -0.15) is 0 Å². The molecule has 1 amide bonds. The van der Waals surface area contributed by atoms with Gasteiger partial charge in [-0.15, -0.1) is 0 Å². The van der Waals surface area contributed by atoms with E-state index >= 15 is 0 Å². The lowest BCUT2D eigenvalue weighted by atomic mass is 10.2. The first kappa shape index (κ1) is 11.4. The maximum Gasteiger partial charge on any atom is 0.221 e. The van der Waals surface area contributed by atoms with E-state index in [-0.39, 0.29) is 18.6 Å². The Balaban J connectivity index is 3.59. The second-order valence-corrected chi connectivity index (χ2v) is 2.49. The second kappa shape index (κ2) is 7.02. The highest BCUT2D eigenvalue weighted by Crippen LogP contribution is 1.88. The molecule has 0 heterocycles. The van der Waals surface area contributed by atoms with Gasteiger partial charge in [0.1, 0.15) is 0 Å². The van der Waals surface area contributed by atoms with Gasteiger partial charge in [-0.05, 0) is 0 Å². The number of carbonyl (C=O) groups is 1. The van der Waals surface area contributed by atoms with Gasteiger partial charge in [0.15, 0.2) is 0 Å². The van der Waals surface area contributed by atoms with Crippen molar-refractivity contribution in [3.63, 3.8) is 0 Å². The molecule has 0 aliphatic carbocycles. The molecule has 0 aromatic rings. The van der Waals surface area contributed by atoms with Gasteiger partial charge in [-0.25, -0.2) is 0 Å². The molecule has 1 unspecified atom stereocenters. The van der Waals surface area contributed by atoms with Crippen LogP contribution in [0.4, 0.5) is 0 Å². The monoisotopic (exact) mass is 175 g/mol. The van der Waals surface area contributed by atoms with E-state index in [1.165, 1.54) is 0 Å². The molecule has 0 aromatic carbocycles. The van der Waals surface area contributed by atoms with Gasteiger partial charge < -0.3 is 21.5 Å². The Morgan fingerprint density at radius 1 is 1.67 bits per heavy atom. The smallest absolute Gasteiger partial charge is 0.221 e. The minimum absolute atomic E-state index is 0.0444. The molecule has 5 nitrogen and oxygen atoms in total. The van der Waals surface area contributed by atoms with Crippen molar-refractivity contribution < 1.29 is 9.90 Å². The second-order valence-electron chi connectivity index (χ2n) is 2.49. The van der Waals surface area contributed by atoms with Crippen molar-refractivity contribution in [3.05, 3.63) is 0 Å². The van der Waals surface area contributed by atoms with Crippen LogP contribution in [0.2, 0.25) is 0 Å². The molecule has 0 aliphatic heterocycles. The van der Waals surface area contributed by atoms with Gasteiger partial charge >= 0.3 is 0 Å². The number of hydrogen-bond acceptors (Lipinski definition) is 4. The SMILES string of the molecule is CNC(=O)CC(CN)NCCO. The van der Waals surface area contributed by atoms with E-state index in [2.05, 4.69) is 10.6 Å². The van der Waals surface area contributed by atoms with Crippen molar-refractivity contribution in [1.82, 2.24) is 10.6 Å². The van der Waals surface area contributed by atoms with E-state index in [1.807, 2.05) is 0 Å². The Morgan fingerprint density at radius 2 is 2.33 bits per heavy atom. The van der Waals surface area contributed by atoms with Crippen LogP contribution in [0.25, 0.3) is 0 Å². The van der Waals surface area contributed by atoms with Crippen LogP contribution in [0, 0.1) is 0 Å². The average molecular weight is 175 g/mol. The number of hydrogen-bond donors (Lipinski definition) is 4. The van der Waals surface area contributed by atoms with Crippen molar-refractivity contribution in [2.75, 3.05) is 26.7 Å². The van der Waals surface area contributed by atoms with E-state index in [9.17, 15) is 4.79 Å². The third-order valence-electron chi connectivity index (χ3n) is 1.54. The molecule has 72 valence electrons. The molecule has 0 rings (SSSR count). The number of carbonyl (C=O) groups excluding carboxylic acids is 1. The van der Waals surface area contributed by atoms with Crippen molar-refractivity contribution in [2.45, 2.75) is 12.5 Å². The summed E-state index contributed by atoms with van der Waals surface area (Å²) in [6.45, 7) is 0.927. The average Bonchev–Trinajstić information content (AvgIpc) is 2.11. The Labute approximate surface area is 72.3 Å². The summed E-state index contributed by atoms with van der Waals surface area (Å²) in [4.78, 5) is 10.9. The summed E-state index contributed by atoms with van der Waals surface area (Å²) in [7, 11) is 1.59. The zero-order valence-electron chi connectivity index (χ0n) is 7.34. The highest BCUT2D eigenvalue weighted by Gasteiger charge is 2.09. The minimum Gasteiger partial charge on any atom is -0.395 e. The lowest BCUT2D eigenvalue weighted by Crippen LogP contribution is -2.41. The van der Waals surface area contributed by atoms with Crippen molar-refractivity contribution >= 4 is 5.91 Å². The lowest BCUT2D eigenvalue weighted by molar-refractivity contribution is -0.121. The summed E-state index contributed by atoms with van der Waals surface area (Å²) < 4.78 is 0. The summed E-state index contributed by atoms with van der Waals surface area (Å²) in [5.74, 6) is -0.0455. The van der Waals surface area contributed by atoms with Gasteiger partial charge in [-0.3, -0.25) is 4.79 Å². The zero-order chi connectivity index (χ0) is 9.40. The number of rotatable bonds is 6. The molecule has 1 atom stereocenters. The van der Waals surface area contributed by atoms with E-state index in [4.69, 9.17) is 10.8 Å². The van der Waals surface area contributed by atoms with Crippen LogP contribution in [0.3, 0.4) is 0 Å². The normalized spacial score (nSPS) is 12.6. The van der Waals surface area contributed by atoms with Crippen molar-refractivity contribution in [2.24, 2.45) is 5.73 Å². The van der Waals surface area contributed by atoms with Crippen LogP contribution < -0.4 is 16.4 Å². The molecule has 0 bridgehead atoms. The van der Waals surface area contributed by atoms with Gasteiger partial charge in [0.2, 0.25) is 5.91 Å². The summed E-state index contributed by atoms with van der Waals surface area (Å²) in [5, 5.41) is 14.0. The van der Waals surface area contributed by atoms with E-state index in [0.29, 0.717) is 19.5 Å². The minimum atomic E-state index is -0.0455. The van der Waals surface area contributed by atoms with Crippen LogP contribution in [-0.2, 0) is 4.79 Å². The molecule has 0 saturated heterocycles. The van der Waals surface area contributed by atoms with Crippen LogP contribution >= 0.6 is 0 Å². The lowest BCUT2D eigenvalue weighted by Gasteiger charge is -2.14. The third-order valence-corrected chi connectivity index (χ3v) is 1.54. The molecule has 12 heavy (non-hydrogen) atoms. The van der Waals surface area contributed by atoms with Crippen molar-refractivity contribution in [1.29, 1.82) is 0 Å². The number of aliphatic hydroxyl groups is 1. The van der Waals surface area contributed by atoms with Gasteiger partial charge in [0.05, 0.1) is 6.61 Å². The van der Waals surface area contributed by atoms with Crippen molar-refractivity contribution in [3.8, 4) is 0 Å². The molecule has 0 fully saturated rings. The first-order valence-electron chi connectivity index (χ1n) is 3.99. The molecule has 5 N–H and O–H groups in total. The first-order chi connectivity index (χ1) is 5.74. The predicted octanol–water partition coefficient (Wildman–Crippen LogP) is -1.97. The van der Waals surface area contributed by atoms with Gasteiger partial charge in [0, 0.05) is 32.6 Å². The molecule has 0 spiro atoms. The van der Waals surface area contributed by atoms with E-state index in [0.717, 1.165) is 0 Å². The van der Waals surface area contributed by atoms with Crippen LogP contribution in [0.1, 0.15) is 6.42 Å². The molecule has 0 radical (unpaired) electrons. The fraction of sp³-hybridized carbons (Fsp3) is 0.857. The summed E-state index contributed by atoms with van der Waals surface area (Å²) in [6, 6.07) is -0.0444. The Kier molecular flexibility index (Phi) is 6.64. The van der Waals surface area contributed by atoms with Crippen LogP contribution in [-0.4, -0.2) is 43.8 Å². The number of nitrogens with one attached hydrogen (secondary N) is 2. The highest BCUT2D eigenvalue weighted by molar-refractivity contribution is 5.76. The first-order valence-corrected chi connectivity index (χ1v) is 3.99. The Morgan fingerprint density at radius 3 is 2.75 bits per heavy atom. The largest absolute Gasteiger partial charge is 0.395 e. The number of aliphatic hydroxyl groups excluding tert-OH is 1. The van der Waals surface area contributed by atoms with Crippen LogP contribution in [0.15, 0.2) is 0 Å². The van der Waals surface area contributed by atoms with Gasteiger partial charge in [0.25, 0.3) is 0 Å². The number of nitrogens with two attached hydrogens (primary N) is 1. The number of amides is 1. The maximum absolute atomic E-state index is 10.9. The summed E-state index contributed by atoms with van der Waals surface area (Å²) >= 11 is 0. The summed E-state index contributed by atoms with van der Waals surface area (Å²) in [6.07, 6.45) is 0.354. The zero-order valence-corrected chi connectivity index (χ0v) is 7.34. The van der Waals surface area contributed by atoms with Gasteiger partial charge in [-0.1, -0.05) is 0 Å². The molecule has 0 aromatic heterocycles. The Bertz CT molecular complexity index is 130. The van der Waals surface area contributed by atoms with E-state index < -0.39 is 0 Å². The molecular formula is C7H17N3O2. The van der Waals surface area contributed by atoms with Crippen LogP contribution in [0.5, 0.6) is 0 Å². The van der Waals surface area contributed by atoms with E-state index in [1.54, 1.807) is 7.05 Å². The molecule has 0 aliphatic rings. The Hall–Kier alpha value is -0.650. The fourth-order valence-electron chi connectivity index (χ4n) is 0.833. The maximum atomic E-state index is 10.9. The third kappa shape index (κ3) is 5.06. The summed E-state index contributed by atoms with van der Waals surface area (Å²) in [5.41, 5.74) is 5.39. The topological polar surface area (TPSA) is 87.4 Å². The highest BCUT2D eigenvalue weighted by atomic mass is 16.3. The molecule has 0 saturated carbocycles. The molecular weight excluding hydrogens is 158 g/mol.